The Kier molecular flexibility index (Phi) is 6.06. The molecule has 3 rings (SSSR count). The molecule has 2 amide bonds. The van der Waals surface area contributed by atoms with Gasteiger partial charge in [-0.05, 0) is 43.3 Å². The van der Waals surface area contributed by atoms with Crippen LogP contribution in [0.1, 0.15) is 17.3 Å². The molecule has 10 heteroatoms. The summed E-state index contributed by atoms with van der Waals surface area (Å²) in [5.74, 6) is -2.77. The van der Waals surface area contributed by atoms with Crippen LogP contribution in [0.2, 0.25) is 0 Å². The summed E-state index contributed by atoms with van der Waals surface area (Å²) in [6, 6.07) is 14.6. The third-order valence-corrected chi connectivity index (χ3v) is 4.02. The molecule has 0 aliphatic rings. The van der Waals surface area contributed by atoms with Crippen LogP contribution in [-0.4, -0.2) is 33.7 Å². The third-order valence-electron chi connectivity index (χ3n) is 4.02. The number of benzene rings is 2. The minimum absolute atomic E-state index is 0.0681. The van der Waals surface area contributed by atoms with Gasteiger partial charge in [0.15, 0.2) is 6.10 Å². The van der Waals surface area contributed by atoms with E-state index < -0.39 is 36.2 Å². The minimum atomic E-state index is -1.13. The van der Waals surface area contributed by atoms with Crippen LogP contribution in [0.4, 0.5) is 5.69 Å². The lowest BCUT2D eigenvalue weighted by Gasteiger charge is -2.13. The van der Waals surface area contributed by atoms with Crippen LogP contribution in [0.5, 0.6) is 0 Å². The van der Waals surface area contributed by atoms with Crippen molar-refractivity contribution in [2.45, 2.75) is 19.6 Å². The van der Waals surface area contributed by atoms with Crippen molar-refractivity contribution in [1.82, 2.24) is 9.78 Å². The average molecular weight is 410 g/mol. The van der Waals surface area contributed by atoms with Crippen molar-refractivity contribution in [3.63, 3.8) is 0 Å². The van der Waals surface area contributed by atoms with Crippen LogP contribution < -0.4 is 16.8 Å². The third kappa shape index (κ3) is 4.98. The number of hydrogen-bond acceptors (Lipinski definition) is 7. The molecule has 0 bridgehead atoms. The monoisotopic (exact) mass is 410 g/mol. The van der Waals surface area contributed by atoms with E-state index in [0.717, 1.165) is 4.68 Å². The maximum atomic E-state index is 12.2. The van der Waals surface area contributed by atoms with Crippen LogP contribution in [0.15, 0.2) is 63.8 Å². The van der Waals surface area contributed by atoms with Crippen molar-refractivity contribution in [3.05, 3.63) is 70.7 Å². The van der Waals surface area contributed by atoms with E-state index in [1.165, 1.54) is 31.2 Å². The van der Waals surface area contributed by atoms with E-state index >= 15 is 0 Å². The second-order valence-electron chi connectivity index (χ2n) is 6.26. The van der Waals surface area contributed by atoms with Crippen LogP contribution in [0.3, 0.4) is 0 Å². The number of anilines is 1. The van der Waals surface area contributed by atoms with Gasteiger partial charge in [0, 0.05) is 16.8 Å². The van der Waals surface area contributed by atoms with Crippen molar-refractivity contribution in [2.24, 2.45) is 5.73 Å². The van der Waals surface area contributed by atoms with Crippen LogP contribution in [0, 0.1) is 0 Å². The fraction of sp³-hybridized carbons (Fsp3) is 0.150. The number of nitrogens with one attached hydrogen (secondary N) is 1. The van der Waals surface area contributed by atoms with E-state index in [1.807, 2.05) is 0 Å². The van der Waals surface area contributed by atoms with Gasteiger partial charge in [-0.15, -0.1) is 5.10 Å². The molecule has 0 saturated carbocycles. The highest BCUT2D eigenvalue weighted by molar-refractivity contribution is 5.96. The van der Waals surface area contributed by atoms with Crippen molar-refractivity contribution in [1.29, 1.82) is 0 Å². The number of esters is 1. The van der Waals surface area contributed by atoms with E-state index in [1.54, 1.807) is 30.3 Å². The van der Waals surface area contributed by atoms with Crippen molar-refractivity contribution < 1.29 is 23.5 Å². The van der Waals surface area contributed by atoms with E-state index in [0.29, 0.717) is 16.8 Å². The second kappa shape index (κ2) is 8.86. The summed E-state index contributed by atoms with van der Waals surface area (Å²) in [6.45, 7) is 0.867. The summed E-state index contributed by atoms with van der Waals surface area (Å²) < 4.78 is 10.9. The largest absolute Gasteiger partial charge is 0.451 e. The Labute approximate surface area is 170 Å². The highest BCUT2D eigenvalue weighted by atomic mass is 16.5. The standard InChI is InChI=1S/C20H18N4O6/c1-12(18(27)22-15-9-7-13(8-10-15)17(21)26)29-16(25)11-24-20(28)30-19(23-24)14-5-3-2-4-6-14/h2-10,12H,11H2,1H3,(H2,21,26)(H,22,27)/t12-/m0/s1. The molecule has 154 valence electrons. The Morgan fingerprint density at radius 2 is 1.80 bits per heavy atom. The molecular weight excluding hydrogens is 392 g/mol. The normalized spacial score (nSPS) is 11.5. The van der Waals surface area contributed by atoms with Crippen molar-refractivity contribution in [2.75, 3.05) is 5.32 Å². The summed E-state index contributed by atoms with van der Waals surface area (Å²) >= 11 is 0. The number of hydrogen-bond donors (Lipinski definition) is 2. The lowest BCUT2D eigenvalue weighted by molar-refractivity contribution is -0.154. The van der Waals surface area contributed by atoms with Crippen LogP contribution >= 0.6 is 0 Å². The van der Waals surface area contributed by atoms with Gasteiger partial charge in [-0.2, -0.15) is 4.68 Å². The zero-order valence-corrected chi connectivity index (χ0v) is 15.9. The number of nitrogens with zero attached hydrogens (tertiary/aromatic N) is 2. The summed E-state index contributed by atoms with van der Waals surface area (Å²) in [7, 11) is 0. The quantitative estimate of drug-likeness (QED) is 0.556. The smallest absolute Gasteiger partial charge is 0.437 e. The van der Waals surface area contributed by atoms with E-state index in [2.05, 4.69) is 10.4 Å². The zero-order valence-electron chi connectivity index (χ0n) is 15.9. The summed E-state index contributed by atoms with van der Waals surface area (Å²) in [5, 5.41) is 6.50. The molecule has 0 unspecified atom stereocenters. The van der Waals surface area contributed by atoms with Crippen LogP contribution in [-0.2, 0) is 20.9 Å². The Balaban J connectivity index is 1.58. The molecule has 2 aromatic carbocycles. The van der Waals surface area contributed by atoms with Gasteiger partial charge >= 0.3 is 11.7 Å². The Bertz CT molecular complexity index is 1120. The topological polar surface area (TPSA) is 147 Å². The predicted octanol–water partition coefficient (Wildman–Crippen LogP) is 1.17. The highest BCUT2D eigenvalue weighted by Crippen LogP contribution is 2.14. The van der Waals surface area contributed by atoms with Gasteiger partial charge in [-0.25, -0.2) is 4.79 Å². The lowest BCUT2D eigenvalue weighted by Crippen LogP contribution is -2.32. The molecule has 0 radical (unpaired) electrons. The molecule has 3 N–H and O–H groups in total. The number of carbonyl (C=O) groups excluding carboxylic acids is 3. The zero-order chi connectivity index (χ0) is 21.7. The number of rotatable bonds is 7. The van der Waals surface area contributed by atoms with Crippen molar-refractivity contribution >= 4 is 23.5 Å². The minimum Gasteiger partial charge on any atom is -0.451 e. The lowest BCUT2D eigenvalue weighted by atomic mass is 10.2. The summed E-state index contributed by atoms with van der Waals surface area (Å²) in [5.41, 5.74) is 6.43. The number of ether oxygens (including phenoxy) is 1. The molecule has 10 nitrogen and oxygen atoms in total. The molecule has 0 fully saturated rings. The fourth-order valence-electron chi connectivity index (χ4n) is 2.48. The molecule has 0 saturated heterocycles. The van der Waals surface area contributed by atoms with E-state index in [4.69, 9.17) is 14.9 Å². The van der Waals surface area contributed by atoms with Gasteiger partial charge in [0.05, 0.1) is 0 Å². The maximum Gasteiger partial charge on any atom is 0.437 e. The van der Waals surface area contributed by atoms with Gasteiger partial charge in [-0.3, -0.25) is 14.4 Å². The Hall–Kier alpha value is -4.21. The van der Waals surface area contributed by atoms with E-state index in [9.17, 15) is 19.2 Å². The Morgan fingerprint density at radius 3 is 2.43 bits per heavy atom. The number of aromatic nitrogens is 2. The first-order valence-corrected chi connectivity index (χ1v) is 8.87. The van der Waals surface area contributed by atoms with Gasteiger partial charge in [0.1, 0.15) is 6.54 Å². The van der Waals surface area contributed by atoms with Gasteiger partial charge in [0.2, 0.25) is 11.8 Å². The SMILES string of the molecule is C[C@H](OC(=O)Cn1nc(-c2ccccc2)oc1=O)C(=O)Nc1ccc(C(N)=O)cc1. The molecule has 3 aromatic rings. The molecule has 0 aliphatic carbocycles. The number of nitrogens with two attached hydrogens (primary N) is 1. The highest BCUT2D eigenvalue weighted by Gasteiger charge is 2.20. The molecule has 0 aliphatic heterocycles. The maximum absolute atomic E-state index is 12.2. The molecule has 1 atom stereocenters. The number of primary amides is 1. The van der Waals surface area contributed by atoms with Gasteiger partial charge < -0.3 is 20.2 Å². The number of amides is 2. The van der Waals surface area contributed by atoms with E-state index in [-0.39, 0.29) is 5.89 Å². The predicted molar refractivity (Wildman–Crippen MR) is 105 cm³/mol. The average Bonchev–Trinajstić information content (AvgIpc) is 3.09. The van der Waals surface area contributed by atoms with Crippen molar-refractivity contribution in [3.8, 4) is 11.5 Å². The van der Waals surface area contributed by atoms with Gasteiger partial charge in [-0.1, -0.05) is 18.2 Å². The molecule has 1 heterocycles. The molecule has 0 spiro atoms. The fourth-order valence-corrected chi connectivity index (χ4v) is 2.48. The second-order valence-corrected chi connectivity index (χ2v) is 6.26. The first-order chi connectivity index (χ1) is 14.3. The number of carbonyl (C=O) groups is 3. The first kappa shape index (κ1) is 20.5. The first-order valence-electron chi connectivity index (χ1n) is 8.87. The van der Waals surface area contributed by atoms with Gasteiger partial charge in [0.25, 0.3) is 5.91 Å². The van der Waals surface area contributed by atoms with Crippen LogP contribution in [0.25, 0.3) is 11.5 Å². The molecule has 1 aromatic heterocycles. The Morgan fingerprint density at radius 1 is 1.13 bits per heavy atom. The summed E-state index contributed by atoms with van der Waals surface area (Å²) in [4.78, 5) is 47.3. The molecule has 30 heavy (non-hydrogen) atoms. The molecular formula is C20H18N4O6. The summed E-state index contributed by atoms with van der Waals surface area (Å²) in [6.07, 6.45) is -1.13.